The predicted molar refractivity (Wildman–Crippen MR) is 90.7 cm³/mol. The minimum atomic E-state index is -0.471. The zero-order chi connectivity index (χ0) is 17.4. The molecule has 2 aliphatic heterocycles. The first kappa shape index (κ1) is 19.1. The molecule has 24 heavy (non-hydrogen) atoms. The summed E-state index contributed by atoms with van der Waals surface area (Å²) in [4.78, 5) is 39.9. The van der Waals surface area contributed by atoms with Gasteiger partial charge in [-0.05, 0) is 26.2 Å². The second-order valence-electron chi connectivity index (χ2n) is 5.84. The Balaban J connectivity index is 1.77. The van der Waals surface area contributed by atoms with Gasteiger partial charge < -0.3 is 19.3 Å². The summed E-state index contributed by atoms with van der Waals surface area (Å²) in [6.45, 7) is 5.05. The molecule has 2 aliphatic rings. The summed E-state index contributed by atoms with van der Waals surface area (Å²) < 4.78 is 10.3. The van der Waals surface area contributed by atoms with Gasteiger partial charge in [0.2, 0.25) is 11.8 Å². The van der Waals surface area contributed by atoms with E-state index in [2.05, 4.69) is 0 Å². The number of piperidine rings is 1. The van der Waals surface area contributed by atoms with Crippen LogP contribution < -0.4 is 0 Å². The lowest BCUT2D eigenvalue weighted by molar-refractivity contribution is -0.155. The Morgan fingerprint density at radius 3 is 2.50 bits per heavy atom. The van der Waals surface area contributed by atoms with Crippen molar-refractivity contribution in [3.8, 4) is 0 Å². The fraction of sp³-hybridized carbons (Fsp3) is 0.812. The van der Waals surface area contributed by atoms with Crippen LogP contribution in [-0.2, 0) is 23.9 Å². The van der Waals surface area contributed by atoms with Crippen LogP contribution in [-0.4, -0.2) is 84.6 Å². The van der Waals surface area contributed by atoms with Gasteiger partial charge in [-0.3, -0.25) is 9.59 Å². The maximum atomic E-state index is 12.4. The highest BCUT2D eigenvalue weighted by molar-refractivity contribution is 8.00. The first-order chi connectivity index (χ1) is 11.6. The predicted octanol–water partition coefficient (Wildman–Crippen LogP) is 0.523. The van der Waals surface area contributed by atoms with Gasteiger partial charge in [0.25, 0.3) is 0 Å². The highest BCUT2D eigenvalue weighted by atomic mass is 32.2. The summed E-state index contributed by atoms with van der Waals surface area (Å²) in [6.07, 6.45) is 2.48. The van der Waals surface area contributed by atoms with E-state index in [1.54, 1.807) is 16.7 Å². The van der Waals surface area contributed by atoms with E-state index in [9.17, 15) is 14.4 Å². The fourth-order valence-electron chi connectivity index (χ4n) is 2.93. The number of carbonyl (C=O) groups is 3. The molecule has 2 heterocycles. The monoisotopic (exact) mass is 358 g/mol. The Labute approximate surface area is 147 Å². The van der Waals surface area contributed by atoms with Gasteiger partial charge >= 0.3 is 5.97 Å². The Morgan fingerprint density at radius 2 is 1.79 bits per heavy atom. The van der Waals surface area contributed by atoms with Gasteiger partial charge in [0.1, 0.15) is 6.04 Å². The van der Waals surface area contributed by atoms with Crippen LogP contribution in [0.25, 0.3) is 0 Å². The van der Waals surface area contributed by atoms with Crippen LogP contribution in [0.5, 0.6) is 0 Å². The minimum Gasteiger partial charge on any atom is -0.464 e. The third kappa shape index (κ3) is 5.37. The van der Waals surface area contributed by atoms with Crippen molar-refractivity contribution >= 4 is 29.5 Å². The second kappa shape index (κ2) is 9.88. The van der Waals surface area contributed by atoms with E-state index >= 15 is 0 Å². The Kier molecular flexibility index (Phi) is 7.84. The van der Waals surface area contributed by atoms with Crippen molar-refractivity contribution < 1.29 is 23.9 Å². The second-order valence-corrected chi connectivity index (χ2v) is 6.82. The Hall–Kier alpha value is -1.28. The number of thioether (sulfide) groups is 1. The minimum absolute atomic E-state index is 0.0386. The third-order valence-electron chi connectivity index (χ3n) is 4.20. The molecule has 2 saturated heterocycles. The van der Waals surface area contributed by atoms with Crippen LogP contribution in [0.4, 0.5) is 0 Å². The molecule has 2 fully saturated rings. The molecule has 136 valence electrons. The van der Waals surface area contributed by atoms with Gasteiger partial charge in [-0.1, -0.05) is 0 Å². The molecule has 0 aromatic carbocycles. The first-order valence-corrected chi connectivity index (χ1v) is 9.68. The first-order valence-electron chi connectivity index (χ1n) is 8.53. The summed E-state index contributed by atoms with van der Waals surface area (Å²) in [6, 6.07) is -0.471. The highest BCUT2D eigenvalue weighted by Crippen LogP contribution is 2.20. The van der Waals surface area contributed by atoms with Crippen molar-refractivity contribution in [1.82, 2.24) is 9.80 Å². The number of hydrogen-bond donors (Lipinski definition) is 0. The molecule has 7 nitrogen and oxygen atoms in total. The van der Waals surface area contributed by atoms with Crippen LogP contribution in [0, 0.1) is 0 Å². The van der Waals surface area contributed by atoms with E-state index in [1.165, 1.54) is 11.8 Å². The van der Waals surface area contributed by atoms with Crippen LogP contribution >= 0.6 is 11.8 Å². The molecule has 1 atom stereocenters. The normalized spacial score (nSPS) is 21.5. The van der Waals surface area contributed by atoms with Gasteiger partial charge in [0, 0.05) is 19.6 Å². The van der Waals surface area contributed by atoms with Gasteiger partial charge in [0.15, 0.2) is 0 Å². The van der Waals surface area contributed by atoms with E-state index < -0.39 is 6.04 Å². The SMILES string of the molecule is CCOC(=O)C1CCCCN1C(=O)CSCC(=O)N1CCOCC1. The average Bonchev–Trinajstić information content (AvgIpc) is 2.62. The van der Waals surface area contributed by atoms with Gasteiger partial charge in [-0.25, -0.2) is 4.79 Å². The number of nitrogens with zero attached hydrogens (tertiary/aromatic N) is 2. The number of esters is 1. The lowest BCUT2D eigenvalue weighted by atomic mass is 10.0. The molecule has 1 unspecified atom stereocenters. The van der Waals surface area contributed by atoms with Crippen molar-refractivity contribution in [1.29, 1.82) is 0 Å². The topological polar surface area (TPSA) is 76.2 Å². The number of rotatable bonds is 6. The molecule has 0 radical (unpaired) electrons. The van der Waals surface area contributed by atoms with Gasteiger partial charge in [-0.2, -0.15) is 0 Å². The summed E-state index contributed by atoms with van der Waals surface area (Å²) in [5, 5.41) is 0. The summed E-state index contributed by atoms with van der Waals surface area (Å²) in [5.74, 6) is 0.125. The highest BCUT2D eigenvalue weighted by Gasteiger charge is 2.33. The van der Waals surface area contributed by atoms with Crippen LogP contribution in [0.3, 0.4) is 0 Å². The van der Waals surface area contributed by atoms with Crippen molar-refractivity contribution in [3.63, 3.8) is 0 Å². The smallest absolute Gasteiger partial charge is 0.328 e. The fourth-order valence-corrected chi connectivity index (χ4v) is 3.73. The van der Waals surface area contributed by atoms with Gasteiger partial charge in [-0.15, -0.1) is 11.8 Å². The lowest BCUT2D eigenvalue weighted by Crippen LogP contribution is -2.49. The molecule has 2 amide bonds. The van der Waals surface area contributed by atoms with Crippen LogP contribution in [0.15, 0.2) is 0 Å². The largest absolute Gasteiger partial charge is 0.464 e. The lowest BCUT2D eigenvalue weighted by Gasteiger charge is -2.34. The van der Waals surface area contributed by atoms with E-state index in [-0.39, 0.29) is 29.3 Å². The van der Waals surface area contributed by atoms with E-state index in [0.29, 0.717) is 45.9 Å². The zero-order valence-corrected chi connectivity index (χ0v) is 15.0. The molecular weight excluding hydrogens is 332 g/mol. The number of likely N-dealkylation sites (tertiary alicyclic amines) is 1. The quantitative estimate of drug-likeness (QED) is 0.645. The summed E-state index contributed by atoms with van der Waals surface area (Å²) in [7, 11) is 0. The molecule has 0 N–H and O–H groups in total. The van der Waals surface area contributed by atoms with Crippen LogP contribution in [0.2, 0.25) is 0 Å². The van der Waals surface area contributed by atoms with E-state index in [0.717, 1.165) is 12.8 Å². The van der Waals surface area contributed by atoms with Crippen molar-refractivity contribution in [2.75, 3.05) is 51.0 Å². The summed E-state index contributed by atoms with van der Waals surface area (Å²) >= 11 is 1.31. The van der Waals surface area contributed by atoms with E-state index in [4.69, 9.17) is 9.47 Å². The molecule has 8 heteroatoms. The number of amides is 2. The number of morpholine rings is 1. The zero-order valence-electron chi connectivity index (χ0n) is 14.2. The summed E-state index contributed by atoms with van der Waals surface area (Å²) in [5.41, 5.74) is 0. The molecule has 0 saturated carbocycles. The molecular formula is C16H26N2O5S. The number of carbonyl (C=O) groups excluding carboxylic acids is 3. The molecule has 0 bridgehead atoms. The molecule has 0 aromatic heterocycles. The Bertz CT molecular complexity index is 454. The number of ether oxygens (including phenoxy) is 2. The molecule has 2 rings (SSSR count). The number of hydrogen-bond acceptors (Lipinski definition) is 6. The van der Waals surface area contributed by atoms with Crippen molar-refractivity contribution in [3.05, 3.63) is 0 Å². The average molecular weight is 358 g/mol. The molecule has 0 spiro atoms. The third-order valence-corrected chi connectivity index (χ3v) is 5.10. The van der Waals surface area contributed by atoms with Gasteiger partial charge in [0.05, 0.1) is 31.3 Å². The maximum absolute atomic E-state index is 12.4. The van der Waals surface area contributed by atoms with Crippen LogP contribution in [0.1, 0.15) is 26.2 Å². The molecule has 0 aromatic rings. The maximum Gasteiger partial charge on any atom is 0.328 e. The Morgan fingerprint density at radius 1 is 1.08 bits per heavy atom. The van der Waals surface area contributed by atoms with Crippen molar-refractivity contribution in [2.24, 2.45) is 0 Å². The standard InChI is InChI=1S/C16H26N2O5S/c1-2-23-16(21)13-5-3-4-6-18(13)15(20)12-24-11-14(19)17-7-9-22-10-8-17/h13H,2-12H2,1H3. The van der Waals surface area contributed by atoms with Crippen molar-refractivity contribution in [2.45, 2.75) is 32.2 Å². The van der Waals surface area contributed by atoms with E-state index in [1.807, 2.05) is 0 Å². The molecule has 0 aliphatic carbocycles.